The van der Waals surface area contributed by atoms with Crippen LogP contribution in [-0.2, 0) is 20.4 Å². The summed E-state index contributed by atoms with van der Waals surface area (Å²) in [7, 11) is -1.21. The van der Waals surface area contributed by atoms with Gasteiger partial charge < -0.3 is 0 Å². The second-order valence-corrected chi connectivity index (χ2v) is 7.93. The first-order valence-electron chi connectivity index (χ1n) is 6.04. The molecule has 1 unspecified atom stereocenters. The maximum Gasteiger partial charge on any atom is 0.165 e. The number of hydrogen-bond acceptors (Lipinski definition) is 4. The predicted molar refractivity (Wildman–Crippen MR) is 81.4 cm³/mol. The van der Waals surface area contributed by atoms with Gasteiger partial charge in [0.05, 0.1) is 15.0 Å². The average molecular weight is 300 g/mol. The van der Waals surface area contributed by atoms with Crippen LogP contribution < -0.4 is 0 Å². The molecule has 0 saturated heterocycles. The van der Waals surface area contributed by atoms with E-state index in [1.807, 2.05) is 20.1 Å². The van der Waals surface area contributed by atoms with Crippen LogP contribution >= 0.6 is 11.8 Å². The van der Waals surface area contributed by atoms with Gasteiger partial charge in [-0.2, -0.15) is 0 Å². The summed E-state index contributed by atoms with van der Waals surface area (Å²) in [6, 6.07) is 0. The molecule has 1 saturated carbocycles. The fourth-order valence-corrected chi connectivity index (χ4v) is 4.27. The molecule has 0 amide bonds. The Bertz CT molecular complexity index is 499. The highest BCUT2D eigenvalue weighted by Gasteiger charge is 2.35. The zero-order chi connectivity index (χ0) is 14.8. The molecule has 1 fully saturated rings. The van der Waals surface area contributed by atoms with Gasteiger partial charge in [-0.15, -0.1) is 11.8 Å². The molecule has 0 aliphatic heterocycles. The lowest BCUT2D eigenvalue weighted by Crippen LogP contribution is -2.28. The normalized spacial score (nSPS) is 25.3. The zero-order valence-electron chi connectivity index (χ0n) is 12.0. The van der Waals surface area contributed by atoms with Crippen LogP contribution in [-0.4, -0.2) is 28.3 Å². The van der Waals surface area contributed by atoms with Crippen molar-refractivity contribution in [1.82, 2.24) is 0 Å². The van der Waals surface area contributed by atoms with Crippen molar-refractivity contribution in [2.75, 3.05) is 12.5 Å². The first-order valence-corrected chi connectivity index (χ1v) is 8.82. The summed E-state index contributed by atoms with van der Waals surface area (Å²) in [5.74, 6) is -0.0939. The largest absolute Gasteiger partial charge is 0.295 e. The Labute approximate surface area is 121 Å². The van der Waals surface area contributed by atoms with Crippen molar-refractivity contribution in [2.45, 2.75) is 33.6 Å². The van der Waals surface area contributed by atoms with Crippen molar-refractivity contribution >= 4 is 34.1 Å². The van der Waals surface area contributed by atoms with E-state index in [4.69, 9.17) is 0 Å². The van der Waals surface area contributed by atoms with Gasteiger partial charge in [0.25, 0.3) is 0 Å². The Morgan fingerprint density at radius 3 is 2.37 bits per heavy atom. The number of rotatable bonds is 3. The van der Waals surface area contributed by atoms with Crippen LogP contribution in [0.2, 0.25) is 0 Å². The molecule has 1 aliphatic rings. The minimum Gasteiger partial charge on any atom is -0.295 e. The van der Waals surface area contributed by atoms with Crippen molar-refractivity contribution in [2.24, 2.45) is 5.41 Å². The molecule has 0 heterocycles. The molecule has 1 aliphatic carbocycles. The van der Waals surface area contributed by atoms with E-state index in [2.05, 4.69) is 0 Å². The fourth-order valence-electron chi connectivity index (χ4n) is 2.35. The zero-order valence-corrected chi connectivity index (χ0v) is 13.7. The van der Waals surface area contributed by atoms with Gasteiger partial charge in [0, 0.05) is 18.2 Å². The fraction of sp³-hybridized carbons (Fsp3) is 0.571. The van der Waals surface area contributed by atoms with Gasteiger partial charge in [-0.05, 0) is 36.7 Å². The van der Waals surface area contributed by atoms with Gasteiger partial charge in [0.1, 0.15) is 0 Å². The minimum atomic E-state index is -1.21. The van der Waals surface area contributed by atoms with Gasteiger partial charge in [-0.3, -0.25) is 13.8 Å². The number of hydrogen-bond donors (Lipinski definition) is 0. The van der Waals surface area contributed by atoms with E-state index in [1.165, 1.54) is 24.8 Å². The van der Waals surface area contributed by atoms with Crippen LogP contribution in [0.1, 0.15) is 33.6 Å². The van der Waals surface area contributed by atoms with Crippen molar-refractivity contribution in [3.8, 4) is 0 Å². The number of allylic oxidation sites excluding steroid dienone is 3. The first-order chi connectivity index (χ1) is 8.68. The third kappa shape index (κ3) is 4.14. The summed E-state index contributed by atoms with van der Waals surface area (Å²) in [4.78, 5) is 23.7. The van der Waals surface area contributed by atoms with Gasteiger partial charge in [-0.25, -0.2) is 0 Å². The van der Waals surface area contributed by atoms with Crippen LogP contribution in [0.5, 0.6) is 0 Å². The summed E-state index contributed by atoms with van der Waals surface area (Å²) in [5, 5.41) is 0. The average Bonchev–Trinajstić information content (AvgIpc) is 2.20. The van der Waals surface area contributed by atoms with Crippen LogP contribution in [0.15, 0.2) is 21.5 Å². The molecule has 106 valence electrons. The molecule has 5 heteroatoms. The number of ketones is 2. The number of thioether (sulfide) groups is 1. The van der Waals surface area contributed by atoms with E-state index < -0.39 is 10.8 Å². The Morgan fingerprint density at radius 1 is 1.37 bits per heavy atom. The lowest BCUT2D eigenvalue weighted by molar-refractivity contribution is -0.118. The Balaban J connectivity index is 3.45. The molecule has 1 atom stereocenters. The topological polar surface area (TPSA) is 51.2 Å². The van der Waals surface area contributed by atoms with E-state index in [0.29, 0.717) is 22.7 Å². The molecule has 0 aromatic rings. The Morgan fingerprint density at radius 2 is 1.95 bits per heavy atom. The third-order valence-corrected chi connectivity index (χ3v) is 5.44. The molecular formula is C14H20O3S2. The number of carbonyl (C=O) groups excluding carboxylic acids is 2. The summed E-state index contributed by atoms with van der Waals surface area (Å²) in [6.45, 7) is 5.49. The summed E-state index contributed by atoms with van der Waals surface area (Å²) < 4.78 is 12.4. The van der Waals surface area contributed by atoms with Crippen LogP contribution in [0.4, 0.5) is 0 Å². The molecule has 0 spiro atoms. The van der Waals surface area contributed by atoms with E-state index in [1.54, 1.807) is 6.26 Å². The molecule has 0 radical (unpaired) electrons. The lowest BCUT2D eigenvalue weighted by Gasteiger charge is -2.32. The maximum absolute atomic E-state index is 12.3. The predicted octanol–water partition coefficient (Wildman–Crippen LogP) is 2.84. The molecule has 0 bridgehead atoms. The van der Waals surface area contributed by atoms with Gasteiger partial charge in [-0.1, -0.05) is 13.8 Å². The molecule has 3 nitrogen and oxygen atoms in total. The second kappa shape index (κ2) is 6.18. The second-order valence-electron chi connectivity index (χ2n) is 5.54. The van der Waals surface area contributed by atoms with Gasteiger partial charge >= 0.3 is 0 Å². The quantitative estimate of drug-likeness (QED) is 0.752. The maximum atomic E-state index is 12.3. The highest BCUT2D eigenvalue weighted by molar-refractivity contribution is 8.16. The molecule has 0 aromatic carbocycles. The van der Waals surface area contributed by atoms with E-state index in [9.17, 15) is 13.8 Å². The Hall–Kier alpha value is -0.680. The summed E-state index contributed by atoms with van der Waals surface area (Å²) in [5.41, 5.74) is 1.08. The molecule has 19 heavy (non-hydrogen) atoms. The van der Waals surface area contributed by atoms with Gasteiger partial charge in [0.2, 0.25) is 0 Å². The minimum absolute atomic E-state index is 0.0108. The van der Waals surface area contributed by atoms with Gasteiger partial charge in [0.15, 0.2) is 11.6 Å². The smallest absolute Gasteiger partial charge is 0.165 e. The van der Waals surface area contributed by atoms with E-state index in [-0.39, 0.29) is 17.0 Å². The SMILES string of the molecule is CS/C(=C1/C(=O)CC(C)(C)C/C1=C\C(C)=O)S(C)=O. The first kappa shape index (κ1) is 16.4. The highest BCUT2D eigenvalue weighted by atomic mass is 32.2. The molecule has 0 aromatic heterocycles. The van der Waals surface area contributed by atoms with Crippen molar-refractivity contribution in [3.05, 3.63) is 21.5 Å². The highest BCUT2D eigenvalue weighted by Crippen LogP contribution is 2.42. The third-order valence-electron chi connectivity index (χ3n) is 2.94. The lowest BCUT2D eigenvalue weighted by atomic mass is 9.72. The van der Waals surface area contributed by atoms with Crippen LogP contribution in [0.3, 0.4) is 0 Å². The monoisotopic (exact) mass is 300 g/mol. The molecule has 1 rings (SSSR count). The van der Waals surface area contributed by atoms with Crippen molar-refractivity contribution in [3.63, 3.8) is 0 Å². The van der Waals surface area contributed by atoms with Crippen molar-refractivity contribution in [1.29, 1.82) is 0 Å². The van der Waals surface area contributed by atoms with Crippen LogP contribution in [0, 0.1) is 5.41 Å². The summed E-state index contributed by atoms with van der Waals surface area (Å²) >= 11 is 1.33. The van der Waals surface area contributed by atoms with E-state index in [0.717, 1.165) is 5.57 Å². The number of carbonyl (C=O) groups is 2. The Kier molecular flexibility index (Phi) is 5.33. The van der Waals surface area contributed by atoms with Crippen molar-refractivity contribution < 1.29 is 13.8 Å². The van der Waals surface area contributed by atoms with E-state index >= 15 is 0 Å². The standard InChI is InChI=1S/C14H20O3S2/c1-9(15)6-10-7-14(2,3)8-11(16)12(10)13(18-4)19(5)17/h6H,7-8H2,1-5H3/b10-6+,13-12-. The number of Topliss-reactive ketones (excluding diaryl/α,β-unsaturated/α-hetero) is 1. The molecule has 0 N–H and O–H groups in total. The molecular weight excluding hydrogens is 280 g/mol. The van der Waals surface area contributed by atoms with Crippen LogP contribution in [0.25, 0.3) is 0 Å². The summed E-state index contributed by atoms with van der Waals surface area (Å²) in [6.07, 6.45) is 5.98.